The van der Waals surface area contributed by atoms with Gasteiger partial charge in [0.15, 0.2) is 0 Å². The van der Waals surface area contributed by atoms with Gasteiger partial charge in [-0.25, -0.2) is 4.39 Å². The van der Waals surface area contributed by atoms with Crippen molar-refractivity contribution in [2.75, 3.05) is 7.11 Å². The maximum Gasteiger partial charge on any atom is 0.322 e. The molecule has 0 saturated carbocycles. The first kappa shape index (κ1) is 14.0. The third-order valence-electron chi connectivity index (χ3n) is 2.39. The molecule has 0 radical (unpaired) electrons. The van der Waals surface area contributed by atoms with Crippen LogP contribution in [0.2, 0.25) is 0 Å². The van der Waals surface area contributed by atoms with Crippen LogP contribution < -0.4 is 5.32 Å². The first-order valence-electron chi connectivity index (χ1n) is 5.19. The summed E-state index contributed by atoms with van der Waals surface area (Å²) in [5, 5.41) is 13.5. The lowest BCUT2D eigenvalue weighted by Crippen LogP contribution is -2.34. The highest BCUT2D eigenvalue weighted by Crippen LogP contribution is 2.19. The maximum absolute atomic E-state index is 13.0. The van der Waals surface area contributed by atoms with Crippen LogP contribution in [0.15, 0.2) is 18.2 Å². The summed E-state index contributed by atoms with van der Waals surface area (Å²) in [6.45, 7) is 1.56. The minimum atomic E-state index is -0.627. The van der Waals surface area contributed by atoms with Gasteiger partial charge in [0.1, 0.15) is 11.9 Å². The lowest BCUT2D eigenvalue weighted by Gasteiger charge is -2.11. The summed E-state index contributed by atoms with van der Waals surface area (Å²) < 4.78 is 17.5. The van der Waals surface area contributed by atoms with Crippen LogP contribution in [-0.4, -0.2) is 24.0 Å². The Balaban J connectivity index is 2.80. The van der Waals surface area contributed by atoms with Crippen LogP contribution in [0.1, 0.15) is 12.5 Å². The number of hydrogen-bond acceptors (Lipinski definition) is 5. The van der Waals surface area contributed by atoms with E-state index in [0.29, 0.717) is 0 Å². The molecule has 98 valence electrons. The van der Waals surface area contributed by atoms with Crippen LogP contribution in [0.25, 0.3) is 0 Å². The van der Waals surface area contributed by atoms with Crippen LogP contribution in [0.4, 0.5) is 10.1 Å². The molecule has 0 aromatic heterocycles. The van der Waals surface area contributed by atoms with E-state index in [1.54, 1.807) is 6.92 Å². The summed E-state index contributed by atoms with van der Waals surface area (Å²) in [6, 6.07) is 2.55. The van der Waals surface area contributed by atoms with Crippen molar-refractivity contribution >= 4 is 11.7 Å². The van der Waals surface area contributed by atoms with Crippen molar-refractivity contribution < 1.29 is 18.8 Å². The Bertz CT molecular complexity index is 464. The third kappa shape index (κ3) is 3.49. The molecule has 0 aliphatic rings. The third-order valence-corrected chi connectivity index (χ3v) is 2.39. The highest BCUT2D eigenvalue weighted by atomic mass is 19.1. The number of nitrogens with one attached hydrogen (secondary N) is 1. The van der Waals surface area contributed by atoms with Crippen LogP contribution in [-0.2, 0) is 16.1 Å². The predicted octanol–water partition coefficient (Wildman–Crippen LogP) is 1.38. The van der Waals surface area contributed by atoms with E-state index in [1.807, 2.05) is 0 Å². The van der Waals surface area contributed by atoms with Gasteiger partial charge in [-0.05, 0) is 19.1 Å². The fraction of sp³-hybridized carbons (Fsp3) is 0.364. The molecule has 1 unspecified atom stereocenters. The Kier molecular flexibility index (Phi) is 4.73. The van der Waals surface area contributed by atoms with Gasteiger partial charge >= 0.3 is 5.97 Å². The average Bonchev–Trinajstić information content (AvgIpc) is 2.34. The zero-order chi connectivity index (χ0) is 13.7. The fourth-order valence-electron chi connectivity index (χ4n) is 1.40. The summed E-state index contributed by atoms with van der Waals surface area (Å²) in [4.78, 5) is 21.3. The van der Waals surface area contributed by atoms with E-state index in [1.165, 1.54) is 7.11 Å². The number of carbonyl (C=O) groups is 1. The van der Waals surface area contributed by atoms with E-state index in [2.05, 4.69) is 10.1 Å². The molecule has 7 heteroatoms. The minimum Gasteiger partial charge on any atom is -0.468 e. The largest absolute Gasteiger partial charge is 0.468 e. The first-order valence-corrected chi connectivity index (χ1v) is 5.19. The maximum atomic E-state index is 13.0. The van der Waals surface area contributed by atoms with Crippen LogP contribution in [0, 0.1) is 15.9 Å². The molecule has 1 aromatic carbocycles. The molecular formula is C11H13FN2O4. The van der Waals surface area contributed by atoms with Crippen molar-refractivity contribution in [2.24, 2.45) is 0 Å². The quantitative estimate of drug-likeness (QED) is 0.489. The Morgan fingerprint density at radius 2 is 2.28 bits per heavy atom. The number of benzene rings is 1. The lowest BCUT2D eigenvalue weighted by molar-refractivity contribution is -0.385. The molecule has 0 fully saturated rings. The van der Waals surface area contributed by atoms with Crippen molar-refractivity contribution in [3.05, 3.63) is 39.7 Å². The zero-order valence-electron chi connectivity index (χ0n) is 9.97. The van der Waals surface area contributed by atoms with E-state index in [-0.39, 0.29) is 17.8 Å². The fourth-order valence-corrected chi connectivity index (χ4v) is 1.40. The molecule has 1 rings (SSSR count). The Morgan fingerprint density at radius 3 is 2.83 bits per heavy atom. The van der Waals surface area contributed by atoms with Crippen molar-refractivity contribution in [3.63, 3.8) is 0 Å². The van der Waals surface area contributed by atoms with E-state index in [0.717, 1.165) is 18.2 Å². The monoisotopic (exact) mass is 256 g/mol. The predicted molar refractivity (Wildman–Crippen MR) is 61.4 cm³/mol. The standard InChI is InChI=1S/C11H13FN2O4/c1-7(11(15)18-2)13-6-8-5-9(12)3-4-10(8)14(16)17/h3-5,7,13H,6H2,1-2H3. The number of nitro benzene ring substituents is 1. The molecule has 0 amide bonds. The number of methoxy groups -OCH3 is 1. The van der Waals surface area contributed by atoms with Crippen molar-refractivity contribution in [3.8, 4) is 0 Å². The average molecular weight is 256 g/mol. The van der Waals surface area contributed by atoms with Crippen molar-refractivity contribution in [1.29, 1.82) is 0 Å². The summed E-state index contributed by atoms with van der Waals surface area (Å²) in [6.07, 6.45) is 0. The molecule has 0 spiro atoms. The number of nitrogens with zero attached hydrogens (tertiary/aromatic N) is 1. The molecule has 1 atom stereocenters. The highest BCUT2D eigenvalue weighted by Gasteiger charge is 2.17. The molecule has 0 aliphatic heterocycles. The zero-order valence-corrected chi connectivity index (χ0v) is 9.97. The molecule has 0 saturated heterocycles. The molecule has 1 aromatic rings. The van der Waals surface area contributed by atoms with E-state index in [9.17, 15) is 19.3 Å². The van der Waals surface area contributed by atoms with Gasteiger partial charge in [0.2, 0.25) is 0 Å². The Morgan fingerprint density at radius 1 is 1.61 bits per heavy atom. The number of nitro groups is 1. The second kappa shape index (κ2) is 6.06. The van der Waals surface area contributed by atoms with Crippen LogP contribution in [0.3, 0.4) is 0 Å². The second-order valence-electron chi connectivity index (χ2n) is 3.66. The summed E-state index contributed by atoms with van der Waals surface area (Å²) in [7, 11) is 1.24. The number of halogens is 1. The minimum absolute atomic E-state index is 0.00431. The number of hydrogen-bond donors (Lipinski definition) is 1. The normalized spacial score (nSPS) is 11.9. The van der Waals surface area contributed by atoms with Gasteiger partial charge in [0.25, 0.3) is 5.69 Å². The van der Waals surface area contributed by atoms with Gasteiger partial charge < -0.3 is 10.1 Å². The molecule has 1 N–H and O–H groups in total. The van der Waals surface area contributed by atoms with Gasteiger partial charge in [-0.15, -0.1) is 0 Å². The number of carbonyl (C=O) groups excluding carboxylic acids is 1. The van der Waals surface area contributed by atoms with E-state index >= 15 is 0 Å². The van der Waals surface area contributed by atoms with Crippen molar-refractivity contribution in [2.45, 2.75) is 19.5 Å². The van der Waals surface area contributed by atoms with Crippen LogP contribution >= 0.6 is 0 Å². The topological polar surface area (TPSA) is 81.5 Å². The number of esters is 1. The SMILES string of the molecule is COC(=O)C(C)NCc1cc(F)ccc1[N+](=O)[O-]. The van der Waals surface area contributed by atoms with E-state index in [4.69, 9.17) is 0 Å². The Labute approximate surface area is 103 Å². The Hall–Kier alpha value is -2.02. The molecule has 18 heavy (non-hydrogen) atoms. The van der Waals surface area contributed by atoms with Crippen molar-refractivity contribution in [1.82, 2.24) is 5.32 Å². The highest BCUT2D eigenvalue weighted by molar-refractivity contribution is 5.75. The van der Waals surface area contributed by atoms with E-state index < -0.39 is 22.8 Å². The molecule has 0 aliphatic carbocycles. The second-order valence-corrected chi connectivity index (χ2v) is 3.66. The summed E-state index contributed by atoms with van der Waals surface area (Å²) >= 11 is 0. The number of ether oxygens (including phenoxy) is 1. The van der Waals surface area contributed by atoms with Crippen LogP contribution in [0.5, 0.6) is 0 Å². The van der Waals surface area contributed by atoms with Gasteiger partial charge in [-0.2, -0.15) is 0 Å². The van der Waals surface area contributed by atoms with Gasteiger partial charge in [0.05, 0.1) is 12.0 Å². The molecular weight excluding hydrogens is 243 g/mol. The molecule has 6 nitrogen and oxygen atoms in total. The van der Waals surface area contributed by atoms with Gasteiger partial charge in [0, 0.05) is 18.2 Å². The van der Waals surface area contributed by atoms with Gasteiger partial charge in [-0.1, -0.05) is 0 Å². The lowest BCUT2D eigenvalue weighted by atomic mass is 10.1. The smallest absolute Gasteiger partial charge is 0.322 e. The van der Waals surface area contributed by atoms with Gasteiger partial charge in [-0.3, -0.25) is 14.9 Å². The number of rotatable bonds is 5. The summed E-state index contributed by atoms with van der Waals surface area (Å²) in [5.41, 5.74) is -0.0169. The summed E-state index contributed by atoms with van der Waals surface area (Å²) in [5.74, 6) is -1.06. The molecule has 0 bridgehead atoms. The first-order chi connectivity index (χ1) is 8.45. The molecule has 0 heterocycles.